The lowest BCUT2D eigenvalue weighted by atomic mass is 10.0. The van der Waals surface area contributed by atoms with Crippen LogP contribution in [0.15, 0.2) is 36.7 Å². The van der Waals surface area contributed by atoms with Gasteiger partial charge in [0.2, 0.25) is 0 Å². The van der Waals surface area contributed by atoms with Crippen LogP contribution in [-0.4, -0.2) is 41.6 Å². The Hall–Kier alpha value is -2.93. The third-order valence-corrected chi connectivity index (χ3v) is 4.82. The first-order valence-electron chi connectivity index (χ1n) is 8.49. The van der Waals surface area contributed by atoms with Crippen LogP contribution >= 0.6 is 0 Å². The van der Waals surface area contributed by atoms with Crippen molar-refractivity contribution in [1.82, 2.24) is 35.0 Å². The number of benzene rings is 1. The molecule has 0 saturated heterocycles. The van der Waals surface area contributed by atoms with Gasteiger partial charge in [0.1, 0.15) is 11.9 Å². The summed E-state index contributed by atoms with van der Waals surface area (Å²) in [5, 5.41) is 7.43. The molecule has 0 radical (unpaired) electrons. The average Bonchev–Trinajstić information content (AvgIpc) is 3.33. The maximum absolute atomic E-state index is 4.83. The molecule has 0 spiro atoms. The van der Waals surface area contributed by atoms with Crippen LogP contribution in [-0.2, 0) is 13.0 Å². The minimum Gasteiger partial charge on any atom is -0.348 e. The van der Waals surface area contributed by atoms with Crippen LogP contribution in [0.3, 0.4) is 0 Å². The van der Waals surface area contributed by atoms with Gasteiger partial charge in [-0.3, -0.25) is 10.00 Å². The summed E-state index contributed by atoms with van der Waals surface area (Å²) >= 11 is 0. The predicted octanol–water partition coefficient (Wildman–Crippen LogP) is 2.47. The number of aromatic amines is 3. The molecule has 1 aromatic carbocycles. The van der Waals surface area contributed by atoms with Crippen molar-refractivity contribution in [2.45, 2.75) is 25.9 Å². The summed E-state index contributed by atoms with van der Waals surface area (Å²) in [5.74, 6) is 0.932. The van der Waals surface area contributed by atoms with Gasteiger partial charge in [-0.1, -0.05) is 12.1 Å². The van der Waals surface area contributed by atoms with Gasteiger partial charge in [-0.15, -0.1) is 0 Å². The zero-order valence-electron chi connectivity index (χ0n) is 14.0. The standard InChI is InChI=1S/C18H19N7/c1-11-8-12(24-23-11)9-25-7-6-15-16(20-10-19-15)17(25)18-21-13-4-2-3-5-14(13)22-18/h2-5,8,10,17H,6-7,9H2,1H3,(H,19,20)(H,21,22)(H,23,24)/t17-/m1/s1. The first-order valence-corrected chi connectivity index (χ1v) is 8.49. The maximum atomic E-state index is 4.83. The topological polar surface area (TPSA) is 89.3 Å². The number of nitrogens with zero attached hydrogens (tertiary/aromatic N) is 4. The number of fused-ring (bicyclic) bond motifs is 2. The van der Waals surface area contributed by atoms with Gasteiger partial charge in [0.05, 0.1) is 28.7 Å². The molecule has 25 heavy (non-hydrogen) atoms. The number of rotatable bonds is 3. The number of para-hydroxylation sites is 2. The third kappa shape index (κ3) is 2.44. The van der Waals surface area contributed by atoms with Crippen LogP contribution in [0.4, 0.5) is 0 Å². The van der Waals surface area contributed by atoms with Crippen molar-refractivity contribution < 1.29 is 0 Å². The second-order valence-electron chi connectivity index (χ2n) is 6.57. The highest BCUT2D eigenvalue weighted by molar-refractivity contribution is 5.75. The van der Waals surface area contributed by atoms with E-state index in [1.165, 1.54) is 5.69 Å². The van der Waals surface area contributed by atoms with Gasteiger partial charge >= 0.3 is 0 Å². The van der Waals surface area contributed by atoms with Crippen LogP contribution in [0.1, 0.15) is 34.6 Å². The van der Waals surface area contributed by atoms with Gasteiger partial charge in [0, 0.05) is 30.9 Å². The number of aromatic nitrogens is 6. The highest BCUT2D eigenvalue weighted by atomic mass is 15.2. The average molecular weight is 333 g/mol. The molecule has 1 atom stereocenters. The largest absolute Gasteiger partial charge is 0.348 e. The van der Waals surface area contributed by atoms with Gasteiger partial charge in [-0.25, -0.2) is 9.97 Å². The second-order valence-corrected chi connectivity index (χ2v) is 6.57. The molecular formula is C18H19N7. The fourth-order valence-electron chi connectivity index (χ4n) is 3.66. The van der Waals surface area contributed by atoms with Crippen molar-refractivity contribution in [3.05, 3.63) is 65.3 Å². The van der Waals surface area contributed by atoms with E-state index in [1.54, 1.807) is 6.33 Å². The Morgan fingerprint density at radius 1 is 1.28 bits per heavy atom. The van der Waals surface area contributed by atoms with E-state index in [0.717, 1.165) is 53.4 Å². The number of nitrogens with one attached hydrogen (secondary N) is 3. The van der Waals surface area contributed by atoms with E-state index in [-0.39, 0.29) is 6.04 Å². The number of aryl methyl sites for hydroxylation is 1. The number of imidazole rings is 2. The number of hydrogen-bond donors (Lipinski definition) is 3. The highest BCUT2D eigenvalue weighted by Gasteiger charge is 2.33. The summed E-state index contributed by atoms with van der Waals surface area (Å²) in [6.45, 7) is 3.72. The molecule has 1 aliphatic heterocycles. The van der Waals surface area contributed by atoms with E-state index in [2.05, 4.69) is 42.2 Å². The van der Waals surface area contributed by atoms with Gasteiger partial charge in [0.25, 0.3) is 0 Å². The molecule has 0 amide bonds. The third-order valence-electron chi connectivity index (χ3n) is 4.82. The first kappa shape index (κ1) is 14.4. The lowest BCUT2D eigenvalue weighted by Crippen LogP contribution is -2.36. The van der Waals surface area contributed by atoms with Crippen LogP contribution < -0.4 is 0 Å². The summed E-state index contributed by atoms with van der Waals surface area (Å²) in [6, 6.07) is 10.2. The Kier molecular flexibility index (Phi) is 3.21. The second kappa shape index (κ2) is 5.56. The van der Waals surface area contributed by atoms with Crippen molar-refractivity contribution >= 4 is 11.0 Å². The first-order chi connectivity index (χ1) is 12.3. The minimum atomic E-state index is -0.000550. The SMILES string of the molecule is Cc1cc(CN2CCc3[nH]cnc3[C@@H]2c2nc3ccccc3[nH]2)n[nH]1. The summed E-state index contributed by atoms with van der Waals surface area (Å²) < 4.78 is 0. The van der Waals surface area contributed by atoms with Gasteiger partial charge in [-0.05, 0) is 25.1 Å². The van der Waals surface area contributed by atoms with Crippen LogP contribution in [0.5, 0.6) is 0 Å². The molecule has 3 aromatic heterocycles. The summed E-state index contributed by atoms with van der Waals surface area (Å²) in [4.78, 5) is 18.6. The molecule has 7 heteroatoms. The molecule has 7 nitrogen and oxygen atoms in total. The molecule has 4 aromatic rings. The maximum Gasteiger partial charge on any atom is 0.130 e. The summed E-state index contributed by atoms with van der Waals surface area (Å²) in [7, 11) is 0. The molecule has 1 aliphatic rings. The lowest BCUT2D eigenvalue weighted by molar-refractivity contribution is 0.192. The van der Waals surface area contributed by atoms with Crippen LogP contribution in [0.2, 0.25) is 0 Å². The van der Waals surface area contributed by atoms with Crippen LogP contribution in [0, 0.1) is 6.92 Å². The van der Waals surface area contributed by atoms with Gasteiger partial charge < -0.3 is 9.97 Å². The van der Waals surface area contributed by atoms with Gasteiger partial charge in [-0.2, -0.15) is 5.10 Å². The quantitative estimate of drug-likeness (QED) is 0.537. The van der Waals surface area contributed by atoms with Crippen molar-refractivity contribution in [1.29, 1.82) is 0 Å². The monoisotopic (exact) mass is 333 g/mol. The summed E-state index contributed by atoms with van der Waals surface area (Å²) in [5.41, 5.74) is 6.40. The molecule has 0 aliphatic carbocycles. The molecule has 5 rings (SSSR count). The normalized spacial score (nSPS) is 17.9. The van der Waals surface area contributed by atoms with Crippen molar-refractivity contribution in [2.75, 3.05) is 6.54 Å². The van der Waals surface area contributed by atoms with Crippen molar-refractivity contribution in [3.8, 4) is 0 Å². The molecular weight excluding hydrogens is 314 g/mol. The smallest absolute Gasteiger partial charge is 0.130 e. The lowest BCUT2D eigenvalue weighted by Gasteiger charge is -2.33. The summed E-state index contributed by atoms with van der Waals surface area (Å²) in [6.07, 6.45) is 2.73. The van der Waals surface area contributed by atoms with E-state index in [0.29, 0.717) is 0 Å². The predicted molar refractivity (Wildman–Crippen MR) is 94.0 cm³/mol. The Bertz CT molecular complexity index is 992. The molecule has 0 saturated carbocycles. The molecule has 0 fully saturated rings. The van der Waals surface area contributed by atoms with Crippen LogP contribution in [0.25, 0.3) is 11.0 Å². The van der Waals surface area contributed by atoms with Crippen molar-refractivity contribution in [2.24, 2.45) is 0 Å². The number of H-pyrrole nitrogens is 3. The van der Waals surface area contributed by atoms with E-state index < -0.39 is 0 Å². The van der Waals surface area contributed by atoms with E-state index in [9.17, 15) is 0 Å². The zero-order valence-corrected chi connectivity index (χ0v) is 14.0. The van der Waals surface area contributed by atoms with E-state index >= 15 is 0 Å². The van der Waals surface area contributed by atoms with Gasteiger partial charge in [0.15, 0.2) is 0 Å². The molecule has 126 valence electrons. The minimum absolute atomic E-state index is 0.000550. The molecule has 4 heterocycles. The Balaban J connectivity index is 1.58. The Morgan fingerprint density at radius 3 is 3.04 bits per heavy atom. The zero-order chi connectivity index (χ0) is 16.8. The molecule has 3 N–H and O–H groups in total. The molecule has 0 unspecified atom stereocenters. The Labute approximate surface area is 144 Å². The number of hydrogen-bond acceptors (Lipinski definition) is 4. The fourth-order valence-corrected chi connectivity index (χ4v) is 3.66. The fraction of sp³-hybridized carbons (Fsp3) is 0.278. The van der Waals surface area contributed by atoms with E-state index in [4.69, 9.17) is 4.98 Å². The Morgan fingerprint density at radius 2 is 2.20 bits per heavy atom. The highest BCUT2D eigenvalue weighted by Crippen LogP contribution is 2.33. The van der Waals surface area contributed by atoms with Crippen molar-refractivity contribution in [3.63, 3.8) is 0 Å². The van der Waals surface area contributed by atoms with E-state index in [1.807, 2.05) is 25.1 Å². The molecule has 0 bridgehead atoms.